The van der Waals surface area contributed by atoms with Crippen LogP contribution in [0, 0.1) is 9.39 Å². The summed E-state index contributed by atoms with van der Waals surface area (Å²) in [6.45, 7) is 0. The molecule has 0 aliphatic heterocycles. The van der Waals surface area contributed by atoms with E-state index in [1.165, 1.54) is 37.7 Å². The molecule has 1 aromatic carbocycles. The topological polar surface area (TPSA) is 64.1 Å². The summed E-state index contributed by atoms with van der Waals surface area (Å²) >= 11 is 1.85. The minimum absolute atomic E-state index is 0.153. The van der Waals surface area contributed by atoms with Gasteiger partial charge >= 0.3 is 0 Å². The molecule has 19 heavy (non-hydrogen) atoms. The molecule has 0 saturated heterocycles. The van der Waals surface area contributed by atoms with E-state index in [1.807, 2.05) is 22.6 Å². The molecule has 0 bridgehead atoms. The van der Waals surface area contributed by atoms with E-state index < -0.39 is 5.91 Å². The highest BCUT2D eigenvalue weighted by Crippen LogP contribution is 2.17. The summed E-state index contributed by atoms with van der Waals surface area (Å²) in [6.07, 6.45) is 2.66. The van der Waals surface area contributed by atoms with E-state index in [4.69, 9.17) is 4.74 Å². The number of nitrogens with zero attached hydrogens (tertiary/aromatic N) is 2. The smallest absolute Gasteiger partial charge is 0.275 e. The molecule has 2 rings (SSSR count). The monoisotopic (exact) mass is 373 g/mol. The van der Waals surface area contributed by atoms with Gasteiger partial charge in [-0.05, 0) is 40.8 Å². The molecule has 5 nitrogen and oxygen atoms in total. The number of rotatable bonds is 3. The number of hydrogen-bond acceptors (Lipinski definition) is 4. The Morgan fingerprint density at radius 3 is 2.74 bits per heavy atom. The normalized spacial score (nSPS) is 10.1. The molecule has 1 N–H and O–H groups in total. The summed E-state index contributed by atoms with van der Waals surface area (Å²) in [7, 11) is 1.46. The van der Waals surface area contributed by atoms with Gasteiger partial charge in [-0.15, -0.1) is 0 Å². The summed E-state index contributed by atoms with van der Waals surface area (Å²) in [5.74, 6) is -0.423. The van der Waals surface area contributed by atoms with Crippen LogP contribution >= 0.6 is 22.6 Å². The second-order valence-corrected chi connectivity index (χ2v) is 4.69. The Labute approximate surface area is 122 Å². The maximum Gasteiger partial charge on any atom is 0.275 e. The summed E-state index contributed by atoms with van der Waals surface area (Å²) in [4.78, 5) is 19.7. The van der Waals surface area contributed by atoms with Crippen molar-refractivity contribution in [3.63, 3.8) is 0 Å². The molecule has 2 aromatic rings. The zero-order chi connectivity index (χ0) is 13.8. The van der Waals surface area contributed by atoms with Crippen molar-refractivity contribution < 1.29 is 13.9 Å². The van der Waals surface area contributed by atoms with E-state index in [-0.39, 0.29) is 11.5 Å². The first kappa shape index (κ1) is 13.7. The van der Waals surface area contributed by atoms with Gasteiger partial charge in [-0.2, -0.15) is 0 Å². The molecular weight excluding hydrogens is 364 g/mol. The van der Waals surface area contributed by atoms with Crippen LogP contribution in [0.4, 0.5) is 10.1 Å². The molecule has 98 valence electrons. The Morgan fingerprint density at radius 2 is 2.16 bits per heavy atom. The standard InChI is InChI=1S/C12H9FIN3O2/c1-19-11-6-15-10(5-16-11)12(18)17-7-2-3-8(13)9(14)4-7/h2-6H,1H3,(H,17,18). The number of hydrogen-bond donors (Lipinski definition) is 1. The number of benzene rings is 1. The van der Waals surface area contributed by atoms with E-state index in [0.29, 0.717) is 15.1 Å². The van der Waals surface area contributed by atoms with Gasteiger partial charge in [0.2, 0.25) is 5.88 Å². The number of nitrogens with one attached hydrogen (secondary N) is 1. The van der Waals surface area contributed by atoms with Crippen LogP contribution in [0.2, 0.25) is 0 Å². The molecule has 0 saturated carbocycles. The number of anilines is 1. The van der Waals surface area contributed by atoms with Crippen LogP contribution in [-0.4, -0.2) is 23.0 Å². The fourth-order valence-corrected chi connectivity index (χ4v) is 1.82. The highest BCUT2D eigenvalue weighted by Gasteiger charge is 2.09. The van der Waals surface area contributed by atoms with Crippen LogP contribution in [0.3, 0.4) is 0 Å². The van der Waals surface area contributed by atoms with E-state index in [2.05, 4.69) is 15.3 Å². The van der Waals surface area contributed by atoms with Crippen LogP contribution in [0.5, 0.6) is 5.88 Å². The average molecular weight is 373 g/mol. The second-order valence-electron chi connectivity index (χ2n) is 3.53. The third-order valence-electron chi connectivity index (χ3n) is 2.25. The third-order valence-corrected chi connectivity index (χ3v) is 3.07. The third kappa shape index (κ3) is 3.37. The van der Waals surface area contributed by atoms with Crippen molar-refractivity contribution in [2.45, 2.75) is 0 Å². The fourth-order valence-electron chi connectivity index (χ4n) is 1.31. The lowest BCUT2D eigenvalue weighted by molar-refractivity contribution is 0.102. The van der Waals surface area contributed by atoms with Gasteiger partial charge < -0.3 is 10.1 Å². The Kier molecular flexibility index (Phi) is 4.25. The van der Waals surface area contributed by atoms with Crippen molar-refractivity contribution in [1.29, 1.82) is 0 Å². The van der Waals surface area contributed by atoms with Gasteiger partial charge in [0.05, 0.1) is 23.1 Å². The van der Waals surface area contributed by atoms with Gasteiger partial charge in [-0.3, -0.25) is 4.79 Å². The largest absolute Gasteiger partial charge is 0.480 e. The summed E-state index contributed by atoms with van der Waals surface area (Å²) in [5, 5.41) is 2.61. The molecule has 7 heteroatoms. The van der Waals surface area contributed by atoms with Crippen molar-refractivity contribution in [1.82, 2.24) is 9.97 Å². The molecular formula is C12H9FIN3O2. The van der Waals surface area contributed by atoms with Crippen molar-refractivity contribution in [2.75, 3.05) is 12.4 Å². The van der Waals surface area contributed by atoms with Gasteiger partial charge in [-0.25, -0.2) is 14.4 Å². The molecule has 0 spiro atoms. The lowest BCUT2D eigenvalue weighted by Gasteiger charge is -2.05. The Bertz CT molecular complexity index is 604. The first-order valence-corrected chi connectivity index (χ1v) is 6.30. The number of carbonyl (C=O) groups is 1. The molecule has 1 heterocycles. The lowest BCUT2D eigenvalue weighted by Crippen LogP contribution is -2.14. The van der Waals surface area contributed by atoms with E-state index in [1.54, 1.807) is 0 Å². The first-order valence-electron chi connectivity index (χ1n) is 5.22. The first-order chi connectivity index (χ1) is 9.10. The molecule has 0 fully saturated rings. The molecule has 1 aromatic heterocycles. The fraction of sp³-hybridized carbons (Fsp3) is 0.0833. The molecule has 0 radical (unpaired) electrons. The Morgan fingerprint density at radius 1 is 1.37 bits per heavy atom. The average Bonchev–Trinajstić information content (AvgIpc) is 2.43. The van der Waals surface area contributed by atoms with Crippen molar-refractivity contribution in [3.05, 3.63) is 45.7 Å². The van der Waals surface area contributed by atoms with Crippen LogP contribution in [0.25, 0.3) is 0 Å². The summed E-state index contributed by atoms with van der Waals surface area (Å²) in [6, 6.07) is 4.30. The molecule has 0 aliphatic carbocycles. The number of carbonyl (C=O) groups excluding carboxylic acids is 1. The molecule has 0 aliphatic rings. The van der Waals surface area contributed by atoms with Crippen LogP contribution in [-0.2, 0) is 0 Å². The minimum atomic E-state index is -0.419. The van der Waals surface area contributed by atoms with Gasteiger partial charge in [-0.1, -0.05) is 0 Å². The number of halogens is 2. The van der Waals surface area contributed by atoms with Crippen LogP contribution < -0.4 is 10.1 Å². The molecule has 0 atom stereocenters. The molecule has 0 unspecified atom stereocenters. The lowest BCUT2D eigenvalue weighted by atomic mass is 10.3. The van der Waals surface area contributed by atoms with Crippen LogP contribution in [0.1, 0.15) is 10.5 Å². The van der Waals surface area contributed by atoms with E-state index >= 15 is 0 Å². The maximum atomic E-state index is 13.1. The van der Waals surface area contributed by atoms with Crippen molar-refractivity contribution in [3.8, 4) is 5.88 Å². The van der Waals surface area contributed by atoms with Gasteiger partial charge in [0.25, 0.3) is 5.91 Å². The number of aromatic nitrogens is 2. The second kappa shape index (κ2) is 5.91. The molecule has 1 amide bonds. The van der Waals surface area contributed by atoms with Crippen molar-refractivity contribution in [2.24, 2.45) is 0 Å². The van der Waals surface area contributed by atoms with Gasteiger partial charge in [0.1, 0.15) is 11.5 Å². The summed E-state index contributed by atoms with van der Waals surface area (Å²) < 4.78 is 18.4. The zero-order valence-electron chi connectivity index (χ0n) is 9.85. The van der Waals surface area contributed by atoms with Crippen molar-refractivity contribution >= 4 is 34.2 Å². The number of amides is 1. The van der Waals surface area contributed by atoms with Gasteiger partial charge in [0.15, 0.2) is 0 Å². The quantitative estimate of drug-likeness (QED) is 0.840. The van der Waals surface area contributed by atoms with E-state index in [0.717, 1.165) is 0 Å². The predicted molar refractivity (Wildman–Crippen MR) is 75.7 cm³/mol. The van der Waals surface area contributed by atoms with E-state index in [9.17, 15) is 9.18 Å². The van der Waals surface area contributed by atoms with Crippen LogP contribution in [0.15, 0.2) is 30.6 Å². The summed E-state index contributed by atoms with van der Waals surface area (Å²) in [5.41, 5.74) is 0.647. The number of ether oxygens (including phenoxy) is 1. The minimum Gasteiger partial charge on any atom is -0.480 e. The maximum absolute atomic E-state index is 13.1. The number of methoxy groups -OCH3 is 1. The van der Waals surface area contributed by atoms with Gasteiger partial charge in [0, 0.05) is 5.69 Å². The predicted octanol–water partition coefficient (Wildman–Crippen LogP) is 2.48. The highest BCUT2D eigenvalue weighted by molar-refractivity contribution is 14.1. The SMILES string of the molecule is COc1cnc(C(=O)Nc2ccc(F)c(I)c2)cn1. The Hall–Kier alpha value is -1.77. The zero-order valence-corrected chi connectivity index (χ0v) is 12.0. The highest BCUT2D eigenvalue weighted by atomic mass is 127. The Balaban J connectivity index is 2.13.